The first-order valence-corrected chi connectivity index (χ1v) is 12.1. The van der Waals surface area contributed by atoms with E-state index in [4.69, 9.17) is 26.1 Å². The Morgan fingerprint density at radius 3 is 2.67 bits per heavy atom. The van der Waals surface area contributed by atoms with Gasteiger partial charge in [-0.3, -0.25) is 0 Å². The molecule has 4 rings (SSSR count). The number of benzene rings is 1. The lowest BCUT2D eigenvalue weighted by molar-refractivity contribution is 0.128. The summed E-state index contributed by atoms with van der Waals surface area (Å²) >= 11 is 7.29. The number of hydrogen-bond donors (Lipinski definition) is 3. The molecule has 1 atom stereocenters. The summed E-state index contributed by atoms with van der Waals surface area (Å²) in [5, 5.41) is 7.40. The standard InChI is InChI=1S/C24H25ClFN7O2S/c1-13(34-3)10-28-22-19(7-15-11-30-24(27-2)32-21(15)31-22)14-5-17(26)9-18(6-14)33-36-20-8-16(25)12-29-23(20)35-4/h5-9,11-13,33H,10H2,1-4H3,(H2,27,28,30,31,32). The fraction of sp³-hybridized carbons (Fsp3) is 0.250. The third-order valence-electron chi connectivity index (χ3n) is 5.22. The summed E-state index contributed by atoms with van der Waals surface area (Å²) in [5.74, 6) is 1.01. The number of nitrogens with zero attached hydrogens (tertiary/aromatic N) is 4. The Morgan fingerprint density at radius 1 is 1.08 bits per heavy atom. The molecule has 9 nitrogen and oxygen atoms in total. The third kappa shape index (κ3) is 6.04. The Balaban J connectivity index is 1.71. The smallest absolute Gasteiger partial charge is 0.228 e. The molecule has 12 heteroatoms. The Bertz CT molecular complexity index is 1380. The summed E-state index contributed by atoms with van der Waals surface area (Å²) in [6.45, 7) is 2.44. The van der Waals surface area contributed by atoms with E-state index in [1.807, 2.05) is 19.1 Å². The summed E-state index contributed by atoms with van der Waals surface area (Å²) in [4.78, 5) is 18.2. The van der Waals surface area contributed by atoms with Crippen molar-refractivity contribution >= 4 is 52.0 Å². The van der Waals surface area contributed by atoms with E-state index >= 15 is 0 Å². The number of fused-ring (bicyclic) bond motifs is 1. The molecule has 0 saturated heterocycles. The van der Waals surface area contributed by atoms with Crippen LogP contribution in [-0.2, 0) is 4.74 Å². The van der Waals surface area contributed by atoms with E-state index in [0.717, 1.165) is 5.39 Å². The molecular formula is C24H25ClFN7O2S. The lowest BCUT2D eigenvalue weighted by Crippen LogP contribution is -2.19. The average Bonchev–Trinajstić information content (AvgIpc) is 2.89. The number of aromatic nitrogens is 4. The molecule has 0 amide bonds. The minimum atomic E-state index is -0.412. The molecule has 0 aliphatic carbocycles. The number of halogens is 2. The highest BCUT2D eigenvalue weighted by atomic mass is 35.5. The number of nitrogens with one attached hydrogen (secondary N) is 3. The van der Waals surface area contributed by atoms with Crippen LogP contribution < -0.4 is 20.1 Å². The molecular weight excluding hydrogens is 505 g/mol. The third-order valence-corrected chi connectivity index (χ3v) is 6.27. The maximum atomic E-state index is 14.8. The molecule has 1 aromatic carbocycles. The van der Waals surface area contributed by atoms with Gasteiger partial charge in [0.25, 0.3) is 0 Å². The normalized spacial score (nSPS) is 11.8. The second-order valence-electron chi connectivity index (χ2n) is 7.76. The van der Waals surface area contributed by atoms with Crippen molar-refractivity contribution in [2.45, 2.75) is 17.9 Å². The number of rotatable bonds is 10. The van der Waals surface area contributed by atoms with Crippen LogP contribution in [0.5, 0.6) is 5.88 Å². The van der Waals surface area contributed by atoms with Crippen LogP contribution in [0.25, 0.3) is 22.2 Å². The van der Waals surface area contributed by atoms with Crippen molar-refractivity contribution in [2.24, 2.45) is 0 Å². The number of ether oxygens (including phenoxy) is 2. The fourth-order valence-electron chi connectivity index (χ4n) is 3.32. The molecule has 0 spiro atoms. The van der Waals surface area contributed by atoms with E-state index < -0.39 is 5.82 Å². The van der Waals surface area contributed by atoms with Crippen molar-refractivity contribution in [1.82, 2.24) is 19.9 Å². The van der Waals surface area contributed by atoms with E-state index in [9.17, 15) is 4.39 Å². The maximum absolute atomic E-state index is 14.8. The average molecular weight is 530 g/mol. The van der Waals surface area contributed by atoms with Gasteiger partial charge in [0.1, 0.15) is 11.6 Å². The molecule has 4 aromatic rings. The molecule has 0 bridgehead atoms. The van der Waals surface area contributed by atoms with Crippen molar-refractivity contribution in [2.75, 3.05) is 43.2 Å². The highest BCUT2D eigenvalue weighted by molar-refractivity contribution is 8.00. The second kappa shape index (κ2) is 11.5. The predicted octanol–water partition coefficient (Wildman–Crippen LogP) is 5.50. The van der Waals surface area contributed by atoms with Gasteiger partial charge >= 0.3 is 0 Å². The minimum Gasteiger partial charge on any atom is -0.480 e. The fourth-order valence-corrected chi connectivity index (χ4v) is 4.29. The van der Waals surface area contributed by atoms with Gasteiger partial charge in [0, 0.05) is 49.7 Å². The van der Waals surface area contributed by atoms with Gasteiger partial charge in [0.15, 0.2) is 5.65 Å². The first-order valence-electron chi connectivity index (χ1n) is 11.0. The van der Waals surface area contributed by atoms with Gasteiger partial charge in [-0.15, -0.1) is 0 Å². The minimum absolute atomic E-state index is 0.0592. The van der Waals surface area contributed by atoms with Crippen molar-refractivity contribution in [1.29, 1.82) is 0 Å². The molecule has 0 aliphatic heterocycles. The van der Waals surface area contributed by atoms with Gasteiger partial charge in [0.2, 0.25) is 11.8 Å². The lowest BCUT2D eigenvalue weighted by Gasteiger charge is -2.16. The summed E-state index contributed by atoms with van der Waals surface area (Å²) in [5.41, 5.74) is 2.36. The largest absolute Gasteiger partial charge is 0.480 e. The van der Waals surface area contributed by atoms with Crippen LogP contribution >= 0.6 is 23.5 Å². The number of anilines is 3. The predicted molar refractivity (Wildman–Crippen MR) is 143 cm³/mol. The first-order chi connectivity index (χ1) is 17.4. The van der Waals surface area contributed by atoms with Crippen LogP contribution in [0.3, 0.4) is 0 Å². The highest BCUT2D eigenvalue weighted by Crippen LogP contribution is 2.35. The summed E-state index contributed by atoms with van der Waals surface area (Å²) in [7, 11) is 4.90. The molecule has 188 valence electrons. The summed E-state index contributed by atoms with van der Waals surface area (Å²) < 4.78 is 28.6. The van der Waals surface area contributed by atoms with Crippen LogP contribution in [0.2, 0.25) is 5.02 Å². The van der Waals surface area contributed by atoms with Crippen LogP contribution in [0.4, 0.5) is 21.8 Å². The molecule has 0 fully saturated rings. The van der Waals surface area contributed by atoms with Crippen LogP contribution in [0.1, 0.15) is 6.92 Å². The summed E-state index contributed by atoms with van der Waals surface area (Å²) in [6.07, 6.45) is 3.12. The SMILES string of the molecule is CNc1ncc2cc(-c3cc(F)cc(NSc4cc(Cl)cnc4OC)c3)c(NCC(C)OC)nc2n1. The van der Waals surface area contributed by atoms with E-state index in [1.165, 1.54) is 37.4 Å². The molecule has 0 radical (unpaired) electrons. The molecule has 36 heavy (non-hydrogen) atoms. The van der Waals surface area contributed by atoms with E-state index in [0.29, 0.717) is 56.6 Å². The van der Waals surface area contributed by atoms with E-state index in [2.05, 4.69) is 30.3 Å². The topological polar surface area (TPSA) is 106 Å². The molecule has 0 aliphatic rings. The van der Waals surface area contributed by atoms with Crippen molar-refractivity contribution in [3.8, 4) is 17.0 Å². The van der Waals surface area contributed by atoms with Crippen molar-refractivity contribution in [3.05, 3.63) is 53.6 Å². The monoisotopic (exact) mass is 529 g/mol. The van der Waals surface area contributed by atoms with Gasteiger partial charge in [-0.1, -0.05) is 11.6 Å². The Morgan fingerprint density at radius 2 is 1.92 bits per heavy atom. The second-order valence-corrected chi connectivity index (χ2v) is 9.05. The van der Waals surface area contributed by atoms with Gasteiger partial charge in [-0.05, 0) is 54.8 Å². The molecule has 3 heterocycles. The Hall–Kier alpha value is -3.41. The Labute approximate surface area is 217 Å². The highest BCUT2D eigenvalue weighted by Gasteiger charge is 2.15. The molecule has 3 N–H and O–H groups in total. The van der Waals surface area contributed by atoms with Gasteiger partial charge < -0.3 is 24.8 Å². The summed E-state index contributed by atoms with van der Waals surface area (Å²) in [6, 6.07) is 8.29. The van der Waals surface area contributed by atoms with E-state index in [1.54, 1.807) is 26.4 Å². The van der Waals surface area contributed by atoms with Gasteiger partial charge in [-0.25, -0.2) is 19.3 Å². The van der Waals surface area contributed by atoms with Crippen LogP contribution in [0.15, 0.2) is 47.6 Å². The van der Waals surface area contributed by atoms with Gasteiger partial charge in [-0.2, -0.15) is 4.98 Å². The van der Waals surface area contributed by atoms with Crippen molar-refractivity contribution in [3.63, 3.8) is 0 Å². The van der Waals surface area contributed by atoms with Gasteiger partial charge in [0.05, 0.1) is 23.1 Å². The maximum Gasteiger partial charge on any atom is 0.228 e. The molecule has 0 saturated carbocycles. The van der Waals surface area contributed by atoms with Crippen LogP contribution in [0, 0.1) is 5.82 Å². The lowest BCUT2D eigenvalue weighted by atomic mass is 10.0. The number of pyridine rings is 2. The molecule has 3 aromatic heterocycles. The Kier molecular flexibility index (Phi) is 8.24. The number of hydrogen-bond acceptors (Lipinski definition) is 10. The zero-order valence-corrected chi connectivity index (χ0v) is 21.7. The zero-order valence-electron chi connectivity index (χ0n) is 20.1. The molecule has 1 unspecified atom stereocenters. The zero-order chi connectivity index (χ0) is 25.7. The number of methoxy groups -OCH3 is 2. The van der Waals surface area contributed by atoms with Crippen molar-refractivity contribution < 1.29 is 13.9 Å². The van der Waals surface area contributed by atoms with E-state index in [-0.39, 0.29) is 6.10 Å². The van der Waals surface area contributed by atoms with Crippen LogP contribution in [-0.4, -0.2) is 53.9 Å². The first kappa shape index (κ1) is 25.7. The quantitative estimate of drug-likeness (QED) is 0.228.